The van der Waals surface area contributed by atoms with Crippen LogP contribution in [0.4, 0.5) is 6.01 Å². The number of benzene rings is 2. The smallest absolute Gasteiger partial charge is 0.324 e. The Morgan fingerprint density at radius 3 is 2.88 bits per heavy atom. The molecule has 1 amide bonds. The Kier molecular flexibility index (Phi) is 5.53. The number of aromatic nitrogens is 2. The predicted molar refractivity (Wildman–Crippen MR) is 116 cm³/mol. The number of fused-ring (bicyclic) bond motifs is 1. The second-order valence-electron chi connectivity index (χ2n) is 7.82. The van der Waals surface area contributed by atoms with Crippen LogP contribution in [-0.2, 0) is 11.3 Å². The molecule has 1 saturated heterocycles. The zero-order valence-corrected chi connectivity index (χ0v) is 17.7. The van der Waals surface area contributed by atoms with E-state index >= 15 is 0 Å². The Balaban J connectivity index is 1.19. The Bertz CT molecular complexity index is 1100. The van der Waals surface area contributed by atoms with Crippen molar-refractivity contribution < 1.29 is 23.5 Å². The lowest BCUT2D eigenvalue weighted by atomic mass is 9.97. The van der Waals surface area contributed by atoms with Gasteiger partial charge >= 0.3 is 6.01 Å². The summed E-state index contributed by atoms with van der Waals surface area (Å²) in [5.74, 6) is 2.60. The molecule has 32 heavy (non-hydrogen) atoms. The van der Waals surface area contributed by atoms with E-state index in [4.69, 9.17) is 18.7 Å². The third-order valence-corrected chi connectivity index (χ3v) is 5.73. The first-order valence-electron chi connectivity index (χ1n) is 10.6. The Morgan fingerprint density at radius 1 is 1.19 bits per heavy atom. The van der Waals surface area contributed by atoms with Gasteiger partial charge in [-0.05, 0) is 54.8 Å². The SMILES string of the molecule is COc1ccc(-c2noc(N3CCCC(C(=O)NCc4ccc5c(c4)OCO5)C3)n2)cc1. The van der Waals surface area contributed by atoms with Crippen molar-refractivity contribution in [1.29, 1.82) is 0 Å². The summed E-state index contributed by atoms with van der Waals surface area (Å²) in [6.45, 7) is 1.99. The van der Waals surface area contributed by atoms with Crippen LogP contribution in [0.15, 0.2) is 47.0 Å². The van der Waals surface area contributed by atoms with E-state index in [1.54, 1.807) is 7.11 Å². The molecule has 9 nitrogen and oxygen atoms in total. The minimum Gasteiger partial charge on any atom is -0.497 e. The standard InChI is InChI=1S/C23H24N4O5/c1-29-18-7-5-16(6-8-18)21-25-23(32-26-21)27-10-2-3-17(13-27)22(28)24-12-15-4-9-19-20(11-15)31-14-30-19/h4-9,11,17H,2-3,10,12-14H2,1H3,(H,24,28). The number of amides is 1. The Hall–Kier alpha value is -3.75. The van der Waals surface area contributed by atoms with Crippen LogP contribution in [0.2, 0.25) is 0 Å². The third kappa shape index (κ3) is 4.18. The Morgan fingerprint density at radius 2 is 2.03 bits per heavy atom. The Labute approximate surface area is 185 Å². The van der Waals surface area contributed by atoms with Gasteiger partial charge in [0.1, 0.15) is 5.75 Å². The minimum absolute atomic E-state index is 0.0160. The van der Waals surface area contributed by atoms with E-state index in [9.17, 15) is 4.79 Å². The maximum atomic E-state index is 12.8. The fraction of sp³-hybridized carbons (Fsp3) is 0.348. The van der Waals surface area contributed by atoms with Gasteiger partial charge in [-0.1, -0.05) is 11.2 Å². The van der Waals surface area contributed by atoms with Crippen LogP contribution >= 0.6 is 0 Å². The van der Waals surface area contributed by atoms with Gasteiger partial charge in [0.05, 0.1) is 13.0 Å². The number of ether oxygens (including phenoxy) is 3. The van der Waals surface area contributed by atoms with E-state index in [0.717, 1.165) is 42.0 Å². The number of hydrogen-bond donors (Lipinski definition) is 1. The topological polar surface area (TPSA) is 99.0 Å². The van der Waals surface area contributed by atoms with E-state index in [-0.39, 0.29) is 18.6 Å². The van der Waals surface area contributed by atoms with E-state index in [2.05, 4.69) is 15.5 Å². The number of piperidine rings is 1. The average Bonchev–Trinajstić information content (AvgIpc) is 3.52. The normalized spacial score (nSPS) is 17.3. The number of nitrogens with one attached hydrogen (secondary N) is 1. The van der Waals surface area contributed by atoms with Crippen LogP contribution in [0.3, 0.4) is 0 Å². The lowest BCUT2D eigenvalue weighted by molar-refractivity contribution is -0.125. The lowest BCUT2D eigenvalue weighted by Crippen LogP contribution is -2.43. The summed E-state index contributed by atoms with van der Waals surface area (Å²) < 4.78 is 21.4. The van der Waals surface area contributed by atoms with Crippen LogP contribution in [-0.4, -0.2) is 43.0 Å². The predicted octanol–water partition coefficient (Wildman–Crippen LogP) is 3.01. The van der Waals surface area contributed by atoms with E-state index in [1.807, 2.05) is 47.4 Å². The minimum atomic E-state index is -0.144. The van der Waals surface area contributed by atoms with Gasteiger partial charge in [-0.25, -0.2) is 0 Å². The molecule has 0 radical (unpaired) electrons. The van der Waals surface area contributed by atoms with E-state index in [1.165, 1.54) is 0 Å². The van der Waals surface area contributed by atoms with Gasteiger partial charge in [0.2, 0.25) is 18.5 Å². The van der Waals surface area contributed by atoms with Crippen molar-refractivity contribution in [2.24, 2.45) is 5.92 Å². The second kappa shape index (κ2) is 8.78. The first kappa shape index (κ1) is 20.2. The summed E-state index contributed by atoms with van der Waals surface area (Å²) in [6, 6.07) is 13.6. The van der Waals surface area contributed by atoms with Crippen molar-refractivity contribution in [3.8, 4) is 28.6 Å². The maximum Gasteiger partial charge on any atom is 0.324 e. The highest BCUT2D eigenvalue weighted by Gasteiger charge is 2.28. The number of nitrogens with zero attached hydrogens (tertiary/aromatic N) is 3. The molecule has 166 valence electrons. The van der Waals surface area contributed by atoms with Crippen molar-refractivity contribution in [1.82, 2.24) is 15.5 Å². The highest BCUT2D eigenvalue weighted by Crippen LogP contribution is 2.32. The molecule has 2 aliphatic rings. The number of methoxy groups -OCH3 is 1. The molecule has 3 aromatic rings. The first-order chi connectivity index (χ1) is 15.7. The molecule has 1 N–H and O–H groups in total. The third-order valence-electron chi connectivity index (χ3n) is 5.73. The number of hydrogen-bond acceptors (Lipinski definition) is 8. The average molecular weight is 436 g/mol. The van der Waals surface area contributed by atoms with Crippen molar-refractivity contribution in [2.45, 2.75) is 19.4 Å². The summed E-state index contributed by atoms with van der Waals surface area (Å²) in [7, 11) is 1.62. The fourth-order valence-corrected chi connectivity index (χ4v) is 3.95. The van der Waals surface area contributed by atoms with Crippen molar-refractivity contribution in [3.05, 3.63) is 48.0 Å². The molecule has 0 spiro atoms. The van der Waals surface area contributed by atoms with Gasteiger partial charge in [-0.2, -0.15) is 4.98 Å². The van der Waals surface area contributed by atoms with Crippen molar-refractivity contribution in [2.75, 3.05) is 31.9 Å². The molecule has 2 aromatic carbocycles. The fourth-order valence-electron chi connectivity index (χ4n) is 3.95. The first-order valence-corrected chi connectivity index (χ1v) is 10.6. The van der Waals surface area contributed by atoms with Crippen LogP contribution in [0.25, 0.3) is 11.4 Å². The van der Waals surface area contributed by atoms with Gasteiger partial charge in [-0.3, -0.25) is 4.79 Å². The molecule has 0 bridgehead atoms. The molecule has 1 aromatic heterocycles. The summed E-state index contributed by atoms with van der Waals surface area (Å²) in [6.07, 6.45) is 1.70. The molecule has 0 saturated carbocycles. The molecular formula is C23H24N4O5. The summed E-state index contributed by atoms with van der Waals surface area (Å²) in [5.41, 5.74) is 1.81. The van der Waals surface area contributed by atoms with Crippen LogP contribution in [0, 0.1) is 5.92 Å². The van der Waals surface area contributed by atoms with Gasteiger partial charge in [0.15, 0.2) is 11.5 Å². The molecule has 5 rings (SSSR count). The monoisotopic (exact) mass is 436 g/mol. The summed E-state index contributed by atoms with van der Waals surface area (Å²) in [5, 5.41) is 7.13. The van der Waals surface area contributed by atoms with Crippen molar-refractivity contribution >= 4 is 11.9 Å². The summed E-state index contributed by atoms with van der Waals surface area (Å²) >= 11 is 0. The molecule has 1 unspecified atom stereocenters. The molecule has 2 aliphatic heterocycles. The molecular weight excluding hydrogens is 412 g/mol. The zero-order chi connectivity index (χ0) is 21.9. The molecule has 0 aliphatic carbocycles. The lowest BCUT2D eigenvalue weighted by Gasteiger charge is -2.30. The molecule has 9 heteroatoms. The van der Waals surface area contributed by atoms with Gasteiger partial charge in [-0.15, -0.1) is 0 Å². The number of rotatable bonds is 6. The van der Waals surface area contributed by atoms with E-state index < -0.39 is 0 Å². The van der Waals surface area contributed by atoms with Crippen LogP contribution in [0.5, 0.6) is 17.2 Å². The van der Waals surface area contributed by atoms with E-state index in [0.29, 0.717) is 30.7 Å². The second-order valence-corrected chi connectivity index (χ2v) is 7.82. The summed E-state index contributed by atoms with van der Waals surface area (Å²) in [4.78, 5) is 19.3. The largest absolute Gasteiger partial charge is 0.497 e. The van der Waals surface area contributed by atoms with Crippen molar-refractivity contribution in [3.63, 3.8) is 0 Å². The molecule has 3 heterocycles. The quantitative estimate of drug-likeness (QED) is 0.630. The highest BCUT2D eigenvalue weighted by molar-refractivity contribution is 5.79. The van der Waals surface area contributed by atoms with Gasteiger partial charge < -0.3 is 29.0 Å². The molecule has 1 fully saturated rings. The van der Waals surface area contributed by atoms with Gasteiger partial charge in [0, 0.05) is 25.2 Å². The van der Waals surface area contributed by atoms with Crippen LogP contribution < -0.4 is 24.4 Å². The maximum absolute atomic E-state index is 12.8. The highest BCUT2D eigenvalue weighted by atomic mass is 16.7. The number of carbonyl (C=O) groups excluding carboxylic acids is 1. The number of anilines is 1. The number of carbonyl (C=O) groups is 1. The van der Waals surface area contributed by atoms with Gasteiger partial charge in [0.25, 0.3) is 0 Å². The zero-order valence-electron chi connectivity index (χ0n) is 17.7. The van der Waals surface area contributed by atoms with Crippen LogP contribution in [0.1, 0.15) is 18.4 Å². The molecule has 1 atom stereocenters.